The summed E-state index contributed by atoms with van der Waals surface area (Å²) in [6, 6.07) is 8.00. The number of nitrogens with zero attached hydrogens (tertiary/aromatic N) is 3. The van der Waals surface area contributed by atoms with Gasteiger partial charge in [0.2, 0.25) is 11.8 Å². The molecule has 1 atom stereocenters. The molecule has 6 fully saturated rings. The topological polar surface area (TPSA) is 65.1 Å². The van der Waals surface area contributed by atoms with E-state index in [1.54, 1.807) is 7.11 Å². The van der Waals surface area contributed by atoms with E-state index < -0.39 is 0 Å². The first-order valence-corrected chi connectivity index (χ1v) is 15.2. The van der Waals surface area contributed by atoms with Crippen molar-refractivity contribution < 1.29 is 14.3 Å². The van der Waals surface area contributed by atoms with Crippen molar-refractivity contribution in [3.8, 4) is 5.75 Å². The lowest BCUT2D eigenvalue weighted by molar-refractivity contribution is -0.160. The summed E-state index contributed by atoms with van der Waals surface area (Å²) in [5.41, 5.74) is 1.03. The summed E-state index contributed by atoms with van der Waals surface area (Å²) < 4.78 is 5.54. The van der Waals surface area contributed by atoms with E-state index in [0.717, 1.165) is 108 Å². The fourth-order valence-corrected chi connectivity index (χ4v) is 8.85. The highest BCUT2D eigenvalue weighted by Gasteiger charge is 2.56. The van der Waals surface area contributed by atoms with Crippen LogP contribution in [0.1, 0.15) is 64.2 Å². The molecule has 7 rings (SSSR count). The Morgan fingerprint density at radius 1 is 0.947 bits per heavy atom. The van der Waals surface area contributed by atoms with Crippen LogP contribution in [-0.4, -0.2) is 80.6 Å². The zero-order valence-electron chi connectivity index (χ0n) is 23.2. The molecular weight excluding hydrogens is 476 g/mol. The lowest BCUT2D eigenvalue weighted by Gasteiger charge is -2.56. The summed E-state index contributed by atoms with van der Waals surface area (Å²) >= 11 is 0. The Morgan fingerprint density at radius 2 is 1.63 bits per heavy atom. The zero-order chi connectivity index (χ0) is 26.1. The Balaban J connectivity index is 0.919. The minimum Gasteiger partial charge on any atom is -0.495 e. The number of hydrogen-bond donors (Lipinski definition) is 1. The predicted molar refractivity (Wildman–Crippen MR) is 149 cm³/mol. The number of carbonyl (C=O) groups is 2. The van der Waals surface area contributed by atoms with Crippen LogP contribution < -0.4 is 15.0 Å². The normalized spacial score (nSPS) is 32.6. The number of nitrogens with one attached hydrogen (secondary N) is 1. The average molecular weight is 523 g/mol. The number of hydrogen-bond acceptors (Lipinski definition) is 5. The van der Waals surface area contributed by atoms with Crippen LogP contribution in [0.3, 0.4) is 0 Å². The van der Waals surface area contributed by atoms with Crippen LogP contribution in [0, 0.1) is 23.2 Å². The van der Waals surface area contributed by atoms with E-state index in [1.807, 2.05) is 17.0 Å². The smallest absolute Gasteiger partial charge is 0.242 e. The van der Waals surface area contributed by atoms with Gasteiger partial charge >= 0.3 is 0 Å². The Bertz CT molecular complexity index is 969. The number of likely N-dealkylation sites (tertiary alicyclic amines) is 1. The van der Waals surface area contributed by atoms with Crippen LogP contribution in [0.5, 0.6) is 5.75 Å². The number of methoxy groups -OCH3 is 1. The molecule has 4 aliphatic carbocycles. The highest BCUT2D eigenvalue weighted by Crippen LogP contribution is 2.60. The summed E-state index contributed by atoms with van der Waals surface area (Å²) in [5, 5.41) is 3.19. The molecule has 2 amide bonds. The zero-order valence-corrected chi connectivity index (χ0v) is 23.2. The number of unbranched alkanes of at least 4 members (excludes halogenated alkanes) is 1. The maximum Gasteiger partial charge on any atom is 0.242 e. The van der Waals surface area contributed by atoms with Gasteiger partial charge in [-0.15, -0.1) is 0 Å². The van der Waals surface area contributed by atoms with Crippen LogP contribution >= 0.6 is 0 Å². The SMILES string of the molecule is COc1ccccc1N1CCN(CCCCNC(=O)[C@H]2CCCN2C(=O)C23CC4CC(CC(C4)C2)C3)CC1. The molecule has 4 bridgehead atoms. The van der Waals surface area contributed by atoms with Crippen molar-refractivity contribution in [1.29, 1.82) is 0 Å². The molecule has 0 spiro atoms. The fraction of sp³-hybridized carbons (Fsp3) is 0.742. The molecule has 6 aliphatic rings. The van der Waals surface area contributed by atoms with Crippen molar-refractivity contribution in [2.45, 2.75) is 70.3 Å². The van der Waals surface area contributed by atoms with Gasteiger partial charge in [-0.25, -0.2) is 0 Å². The molecule has 2 aliphatic heterocycles. The molecule has 1 aromatic carbocycles. The molecule has 208 valence electrons. The first-order chi connectivity index (χ1) is 18.5. The van der Waals surface area contributed by atoms with Crippen LogP contribution in [-0.2, 0) is 9.59 Å². The van der Waals surface area contributed by atoms with Gasteiger partial charge in [-0.3, -0.25) is 14.5 Å². The monoisotopic (exact) mass is 522 g/mol. The van der Waals surface area contributed by atoms with E-state index in [2.05, 4.69) is 27.2 Å². The van der Waals surface area contributed by atoms with Gasteiger partial charge in [0.05, 0.1) is 18.2 Å². The van der Waals surface area contributed by atoms with Crippen molar-refractivity contribution in [3.05, 3.63) is 24.3 Å². The Hall–Kier alpha value is -2.28. The molecule has 4 saturated carbocycles. The van der Waals surface area contributed by atoms with Gasteiger partial charge in [0.1, 0.15) is 11.8 Å². The van der Waals surface area contributed by atoms with E-state index in [9.17, 15) is 9.59 Å². The van der Waals surface area contributed by atoms with Gasteiger partial charge in [0, 0.05) is 39.3 Å². The second-order valence-corrected chi connectivity index (χ2v) is 12.9. The second-order valence-electron chi connectivity index (χ2n) is 12.9. The van der Waals surface area contributed by atoms with Gasteiger partial charge in [0.25, 0.3) is 0 Å². The number of para-hydroxylation sites is 2. The fourth-order valence-electron chi connectivity index (χ4n) is 8.85. The van der Waals surface area contributed by atoms with Crippen molar-refractivity contribution in [2.75, 3.05) is 57.8 Å². The second kappa shape index (κ2) is 11.1. The number of rotatable bonds is 9. The van der Waals surface area contributed by atoms with Gasteiger partial charge in [-0.05, 0) is 101 Å². The Labute approximate surface area is 228 Å². The summed E-state index contributed by atoms with van der Waals surface area (Å²) in [7, 11) is 1.74. The van der Waals surface area contributed by atoms with Crippen LogP contribution in [0.4, 0.5) is 5.69 Å². The van der Waals surface area contributed by atoms with Gasteiger partial charge in [-0.1, -0.05) is 12.1 Å². The lowest BCUT2D eigenvalue weighted by Crippen LogP contribution is -2.57. The molecular formula is C31H46N4O3. The van der Waals surface area contributed by atoms with Crippen molar-refractivity contribution in [3.63, 3.8) is 0 Å². The van der Waals surface area contributed by atoms with E-state index in [1.165, 1.54) is 24.9 Å². The van der Waals surface area contributed by atoms with Crippen LogP contribution in [0.2, 0.25) is 0 Å². The van der Waals surface area contributed by atoms with Crippen molar-refractivity contribution in [2.24, 2.45) is 23.2 Å². The van der Waals surface area contributed by atoms with Gasteiger partial charge < -0.3 is 19.9 Å². The third kappa shape index (κ3) is 5.15. The Kier molecular flexibility index (Phi) is 7.56. The minimum absolute atomic E-state index is 0.0750. The molecule has 0 unspecified atom stereocenters. The van der Waals surface area contributed by atoms with E-state index in [4.69, 9.17) is 4.74 Å². The number of ether oxygens (including phenoxy) is 1. The number of amides is 2. The first-order valence-electron chi connectivity index (χ1n) is 15.2. The molecule has 2 saturated heterocycles. The molecule has 1 aromatic rings. The third-order valence-electron chi connectivity index (χ3n) is 10.3. The number of benzene rings is 1. The van der Waals surface area contributed by atoms with E-state index in [-0.39, 0.29) is 17.4 Å². The first kappa shape index (κ1) is 26.0. The van der Waals surface area contributed by atoms with Crippen molar-refractivity contribution >= 4 is 17.5 Å². The number of piperazine rings is 1. The largest absolute Gasteiger partial charge is 0.495 e. The quantitative estimate of drug-likeness (QED) is 0.498. The number of anilines is 1. The maximum atomic E-state index is 13.8. The van der Waals surface area contributed by atoms with Crippen molar-refractivity contribution in [1.82, 2.24) is 15.1 Å². The average Bonchev–Trinajstić information content (AvgIpc) is 3.42. The van der Waals surface area contributed by atoms with E-state index >= 15 is 0 Å². The third-order valence-corrected chi connectivity index (χ3v) is 10.3. The maximum absolute atomic E-state index is 13.8. The molecule has 2 heterocycles. The summed E-state index contributed by atoms with van der Waals surface area (Å²) in [6.45, 7) is 6.64. The number of carbonyl (C=O) groups excluding carboxylic acids is 2. The molecule has 1 N–H and O–H groups in total. The lowest BCUT2D eigenvalue weighted by atomic mass is 9.49. The molecule has 7 heteroatoms. The molecule has 0 radical (unpaired) electrons. The van der Waals surface area contributed by atoms with Crippen LogP contribution in [0.25, 0.3) is 0 Å². The van der Waals surface area contributed by atoms with E-state index in [0.29, 0.717) is 12.5 Å². The highest BCUT2D eigenvalue weighted by molar-refractivity contribution is 5.91. The summed E-state index contributed by atoms with van der Waals surface area (Å²) in [5.74, 6) is 3.60. The molecule has 38 heavy (non-hydrogen) atoms. The minimum atomic E-state index is -0.251. The van der Waals surface area contributed by atoms with Gasteiger partial charge in [-0.2, -0.15) is 0 Å². The highest BCUT2D eigenvalue weighted by atomic mass is 16.5. The summed E-state index contributed by atoms with van der Waals surface area (Å²) in [4.78, 5) is 33.9. The van der Waals surface area contributed by atoms with Gasteiger partial charge in [0.15, 0.2) is 0 Å². The van der Waals surface area contributed by atoms with Crippen LogP contribution in [0.15, 0.2) is 24.3 Å². The standard InChI is InChI=1S/C31H46N4O3/c1-38-28-9-3-2-7-26(28)34-15-13-33(14-16-34)11-5-4-10-32-29(36)27-8-6-12-35(27)30(37)31-20-23-17-24(21-31)19-25(18-23)22-31/h2-3,7,9,23-25,27H,4-6,8,10-22H2,1H3,(H,32,36)/t23?,24?,25?,27-,31?/m1/s1. The molecule has 7 nitrogen and oxygen atoms in total. The molecule has 0 aromatic heterocycles. The predicted octanol–water partition coefficient (Wildman–Crippen LogP) is 3.92. The summed E-state index contributed by atoms with van der Waals surface area (Å²) in [6.07, 6.45) is 11.1. The Morgan fingerprint density at radius 3 is 2.32 bits per heavy atom.